The predicted octanol–water partition coefficient (Wildman–Crippen LogP) is 0.815. The molecule has 2 nitrogen and oxygen atoms in total. The van der Waals surface area contributed by atoms with E-state index in [2.05, 4.69) is 16.8 Å². The number of hydrogen-bond donors (Lipinski definition) is 1. The number of nitrogens with one attached hydrogen (secondary N) is 1. The van der Waals surface area contributed by atoms with Gasteiger partial charge in [0.05, 0.1) is 0 Å². The van der Waals surface area contributed by atoms with E-state index in [1.807, 2.05) is 6.08 Å². The molecule has 0 unspecified atom stereocenters. The summed E-state index contributed by atoms with van der Waals surface area (Å²) in [6.07, 6.45) is 4.60. The lowest BCUT2D eigenvalue weighted by Crippen LogP contribution is -2.32. The molecule has 0 aliphatic carbocycles. The third-order valence-electron chi connectivity index (χ3n) is 1.80. The van der Waals surface area contributed by atoms with Gasteiger partial charge in [-0.1, -0.05) is 6.08 Å². The molecule has 1 aliphatic rings. The van der Waals surface area contributed by atoms with E-state index in [0.29, 0.717) is 0 Å². The van der Waals surface area contributed by atoms with Crippen LogP contribution in [0.4, 0.5) is 0 Å². The van der Waals surface area contributed by atoms with Gasteiger partial charge in [0.15, 0.2) is 0 Å². The van der Waals surface area contributed by atoms with Crippen LogP contribution in [-0.4, -0.2) is 31.2 Å². The van der Waals surface area contributed by atoms with E-state index < -0.39 is 0 Å². The Morgan fingerprint density at radius 2 is 2.40 bits per heavy atom. The first kappa shape index (κ1) is 7.76. The maximum Gasteiger partial charge on any atom is 0.0483 e. The highest BCUT2D eigenvalue weighted by Crippen LogP contribution is 1.97. The van der Waals surface area contributed by atoms with Crippen LogP contribution in [0.25, 0.3) is 0 Å². The topological polar surface area (TPSA) is 15.3 Å². The van der Waals surface area contributed by atoms with Crippen molar-refractivity contribution in [1.82, 2.24) is 10.2 Å². The first-order chi connectivity index (χ1) is 4.93. The van der Waals surface area contributed by atoms with E-state index in [-0.39, 0.29) is 0 Å². The first-order valence-corrected chi connectivity index (χ1v) is 3.97. The second-order valence-electron chi connectivity index (χ2n) is 2.73. The minimum atomic E-state index is 1.02. The molecule has 10 heavy (non-hydrogen) atoms. The number of rotatable bonds is 2. The van der Waals surface area contributed by atoms with E-state index in [1.165, 1.54) is 25.9 Å². The van der Waals surface area contributed by atoms with Gasteiger partial charge in [0.1, 0.15) is 0 Å². The molecule has 0 radical (unpaired) electrons. The molecule has 1 fully saturated rings. The molecular formula is C8H16N2. The van der Waals surface area contributed by atoms with Crippen molar-refractivity contribution in [2.45, 2.75) is 12.8 Å². The summed E-state index contributed by atoms with van der Waals surface area (Å²) in [6.45, 7) is 8.17. The fraction of sp³-hybridized carbons (Fsp3) is 0.750. The molecule has 0 spiro atoms. The molecule has 0 aromatic carbocycles. The normalized spacial score (nSPS) is 22.0. The van der Waals surface area contributed by atoms with E-state index in [1.54, 1.807) is 0 Å². The Hall–Kier alpha value is -0.340. The van der Waals surface area contributed by atoms with Crippen molar-refractivity contribution in [3.8, 4) is 0 Å². The van der Waals surface area contributed by atoms with Crippen LogP contribution in [0.1, 0.15) is 12.8 Å². The van der Waals surface area contributed by atoms with Gasteiger partial charge in [-0.3, -0.25) is 4.90 Å². The van der Waals surface area contributed by atoms with E-state index in [4.69, 9.17) is 0 Å². The van der Waals surface area contributed by atoms with Crippen molar-refractivity contribution < 1.29 is 0 Å². The van der Waals surface area contributed by atoms with Gasteiger partial charge in [-0.05, 0) is 25.9 Å². The van der Waals surface area contributed by atoms with Crippen molar-refractivity contribution in [2.75, 3.05) is 26.3 Å². The summed E-state index contributed by atoms with van der Waals surface area (Å²) in [5.74, 6) is 0. The molecule has 0 amide bonds. The van der Waals surface area contributed by atoms with Crippen molar-refractivity contribution in [3.05, 3.63) is 12.7 Å². The molecule has 1 N–H and O–H groups in total. The molecule has 2 heteroatoms. The van der Waals surface area contributed by atoms with Crippen molar-refractivity contribution >= 4 is 0 Å². The highest BCUT2D eigenvalue weighted by atomic mass is 15.2. The molecule has 1 saturated heterocycles. The first-order valence-electron chi connectivity index (χ1n) is 3.97. The van der Waals surface area contributed by atoms with Crippen LogP contribution in [0.2, 0.25) is 0 Å². The quantitative estimate of drug-likeness (QED) is 0.571. The highest BCUT2D eigenvalue weighted by molar-refractivity contribution is 4.74. The average Bonchev–Trinajstić information content (AvgIpc) is 2.17. The smallest absolute Gasteiger partial charge is 0.0483 e. The number of nitrogens with zero attached hydrogens (tertiary/aromatic N) is 1. The Morgan fingerprint density at radius 3 is 3.20 bits per heavy atom. The van der Waals surface area contributed by atoms with Gasteiger partial charge in [-0.2, -0.15) is 0 Å². The molecular weight excluding hydrogens is 124 g/mol. The fourth-order valence-electron chi connectivity index (χ4n) is 1.24. The van der Waals surface area contributed by atoms with E-state index in [0.717, 1.165) is 13.2 Å². The van der Waals surface area contributed by atoms with Crippen molar-refractivity contribution in [3.63, 3.8) is 0 Å². The van der Waals surface area contributed by atoms with E-state index >= 15 is 0 Å². The summed E-state index contributed by atoms with van der Waals surface area (Å²) in [5, 5.41) is 3.36. The van der Waals surface area contributed by atoms with Gasteiger partial charge in [0.25, 0.3) is 0 Å². The van der Waals surface area contributed by atoms with Gasteiger partial charge >= 0.3 is 0 Å². The Balaban J connectivity index is 2.21. The Bertz CT molecular complexity index is 93.4. The van der Waals surface area contributed by atoms with Crippen molar-refractivity contribution in [2.24, 2.45) is 0 Å². The van der Waals surface area contributed by atoms with Crippen molar-refractivity contribution in [1.29, 1.82) is 0 Å². The van der Waals surface area contributed by atoms with Crippen LogP contribution in [0.5, 0.6) is 0 Å². The average molecular weight is 140 g/mol. The maximum atomic E-state index is 3.72. The third kappa shape index (κ3) is 2.50. The summed E-state index contributed by atoms with van der Waals surface area (Å²) in [4.78, 5) is 2.38. The summed E-state index contributed by atoms with van der Waals surface area (Å²) in [6, 6.07) is 0. The van der Waals surface area contributed by atoms with Gasteiger partial charge < -0.3 is 5.32 Å². The van der Waals surface area contributed by atoms with Crippen LogP contribution >= 0.6 is 0 Å². The van der Waals surface area contributed by atoms with Gasteiger partial charge in [-0.25, -0.2) is 0 Å². The molecule has 0 atom stereocenters. The Morgan fingerprint density at radius 1 is 1.50 bits per heavy atom. The molecule has 0 bridgehead atoms. The van der Waals surface area contributed by atoms with Crippen LogP contribution in [-0.2, 0) is 0 Å². The van der Waals surface area contributed by atoms with E-state index in [9.17, 15) is 0 Å². The number of hydrogen-bond acceptors (Lipinski definition) is 2. The lowest BCUT2D eigenvalue weighted by molar-refractivity contribution is 0.301. The van der Waals surface area contributed by atoms with Crippen LogP contribution in [0, 0.1) is 0 Å². The minimum Gasteiger partial charge on any atom is -0.304 e. The molecule has 58 valence electrons. The van der Waals surface area contributed by atoms with Crippen LogP contribution in [0.3, 0.4) is 0 Å². The predicted molar refractivity (Wildman–Crippen MR) is 43.9 cm³/mol. The zero-order valence-corrected chi connectivity index (χ0v) is 6.47. The van der Waals surface area contributed by atoms with Gasteiger partial charge in [0.2, 0.25) is 0 Å². The second-order valence-corrected chi connectivity index (χ2v) is 2.73. The lowest BCUT2D eigenvalue weighted by Gasteiger charge is -2.16. The van der Waals surface area contributed by atoms with Crippen LogP contribution in [0.15, 0.2) is 12.7 Å². The molecule has 0 saturated carbocycles. The summed E-state index contributed by atoms with van der Waals surface area (Å²) < 4.78 is 0. The molecule has 1 rings (SSSR count). The highest BCUT2D eigenvalue weighted by Gasteiger charge is 2.04. The summed E-state index contributed by atoms with van der Waals surface area (Å²) in [5.41, 5.74) is 0. The standard InChI is InChI=1S/C8H16N2/c1-2-6-10-7-4-3-5-9-8-10/h2,9H,1,3-8H2. The monoisotopic (exact) mass is 140 g/mol. The lowest BCUT2D eigenvalue weighted by atomic mass is 10.3. The SMILES string of the molecule is C=CCN1CCCCNC1. The Labute approximate surface area is 62.9 Å². The van der Waals surface area contributed by atoms with Gasteiger partial charge in [-0.15, -0.1) is 6.58 Å². The Kier molecular flexibility index (Phi) is 3.47. The molecule has 1 heterocycles. The molecule has 0 aromatic heterocycles. The minimum absolute atomic E-state index is 1.02. The summed E-state index contributed by atoms with van der Waals surface area (Å²) >= 11 is 0. The van der Waals surface area contributed by atoms with Crippen LogP contribution < -0.4 is 5.32 Å². The fourth-order valence-corrected chi connectivity index (χ4v) is 1.24. The zero-order chi connectivity index (χ0) is 7.23. The molecule has 1 aliphatic heterocycles. The zero-order valence-electron chi connectivity index (χ0n) is 6.47. The molecule has 0 aromatic rings. The van der Waals surface area contributed by atoms with Gasteiger partial charge in [0, 0.05) is 13.2 Å². The largest absolute Gasteiger partial charge is 0.304 e. The third-order valence-corrected chi connectivity index (χ3v) is 1.80. The summed E-state index contributed by atoms with van der Waals surface area (Å²) in [7, 11) is 0. The maximum absolute atomic E-state index is 3.72. The second kappa shape index (κ2) is 4.47.